The van der Waals surface area contributed by atoms with Crippen LogP contribution in [0.15, 0.2) is 48.7 Å². The quantitative estimate of drug-likeness (QED) is 0.861. The molecule has 1 heterocycles. The SMILES string of the molecule is CCNc1cc(N(Cc2ccccc2)C(C)C)ccn1. The van der Waals surface area contributed by atoms with Crippen molar-refractivity contribution in [3.63, 3.8) is 0 Å². The van der Waals surface area contributed by atoms with Gasteiger partial charge in [-0.05, 0) is 32.4 Å². The van der Waals surface area contributed by atoms with Gasteiger partial charge in [-0.15, -0.1) is 0 Å². The van der Waals surface area contributed by atoms with Gasteiger partial charge in [0.15, 0.2) is 0 Å². The van der Waals surface area contributed by atoms with Crippen LogP contribution < -0.4 is 10.2 Å². The second kappa shape index (κ2) is 6.94. The molecule has 0 spiro atoms. The van der Waals surface area contributed by atoms with Crippen LogP contribution >= 0.6 is 0 Å². The normalized spacial score (nSPS) is 10.6. The molecule has 3 heteroatoms. The summed E-state index contributed by atoms with van der Waals surface area (Å²) in [6.07, 6.45) is 1.87. The first-order valence-corrected chi connectivity index (χ1v) is 7.21. The standard InChI is InChI=1S/C17H23N3/c1-4-18-17-12-16(10-11-19-17)20(14(2)3)13-15-8-6-5-7-9-15/h5-12,14H,4,13H2,1-3H3,(H,18,19). The van der Waals surface area contributed by atoms with Crippen molar-refractivity contribution in [3.05, 3.63) is 54.2 Å². The maximum atomic E-state index is 4.34. The number of anilines is 2. The third kappa shape index (κ3) is 3.73. The number of pyridine rings is 1. The van der Waals surface area contributed by atoms with Gasteiger partial charge in [0.25, 0.3) is 0 Å². The Morgan fingerprint density at radius 1 is 1.15 bits per heavy atom. The Kier molecular flexibility index (Phi) is 4.99. The summed E-state index contributed by atoms with van der Waals surface area (Å²) in [5, 5.41) is 3.27. The first-order valence-electron chi connectivity index (χ1n) is 7.21. The summed E-state index contributed by atoms with van der Waals surface area (Å²) in [7, 11) is 0. The van der Waals surface area contributed by atoms with Crippen molar-refractivity contribution in [2.45, 2.75) is 33.4 Å². The zero-order valence-corrected chi connectivity index (χ0v) is 12.5. The minimum absolute atomic E-state index is 0.437. The van der Waals surface area contributed by atoms with E-state index in [-0.39, 0.29) is 0 Å². The Morgan fingerprint density at radius 2 is 1.90 bits per heavy atom. The van der Waals surface area contributed by atoms with E-state index in [1.54, 1.807) is 0 Å². The van der Waals surface area contributed by atoms with E-state index in [2.05, 4.69) is 78.4 Å². The molecule has 0 atom stereocenters. The van der Waals surface area contributed by atoms with Gasteiger partial charge in [-0.25, -0.2) is 4.98 Å². The van der Waals surface area contributed by atoms with Crippen molar-refractivity contribution in [2.75, 3.05) is 16.8 Å². The summed E-state index contributed by atoms with van der Waals surface area (Å²) in [4.78, 5) is 6.73. The fourth-order valence-electron chi connectivity index (χ4n) is 2.23. The number of hydrogen-bond donors (Lipinski definition) is 1. The maximum Gasteiger partial charge on any atom is 0.127 e. The highest BCUT2D eigenvalue weighted by Crippen LogP contribution is 2.22. The molecule has 0 aliphatic carbocycles. The fraction of sp³-hybridized carbons (Fsp3) is 0.353. The van der Waals surface area contributed by atoms with Crippen molar-refractivity contribution in [3.8, 4) is 0 Å². The lowest BCUT2D eigenvalue weighted by Gasteiger charge is -2.29. The van der Waals surface area contributed by atoms with E-state index in [4.69, 9.17) is 0 Å². The smallest absolute Gasteiger partial charge is 0.127 e. The predicted octanol–water partition coefficient (Wildman–Crippen LogP) is 3.93. The Morgan fingerprint density at radius 3 is 2.55 bits per heavy atom. The number of aromatic nitrogens is 1. The topological polar surface area (TPSA) is 28.2 Å². The van der Waals surface area contributed by atoms with Crippen LogP contribution in [0.2, 0.25) is 0 Å². The Balaban J connectivity index is 2.22. The van der Waals surface area contributed by atoms with Gasteiger partial charge in [0, 0.05) is 37.1 Å². The van der Waals surface area contributed by atoms with Crippen LogP contribution in [0, 0.1) is 0 Å². The summed E-state index contributed by atoms with van der Waals surface area (Å²) >= 11 is 0. The van der Waals surface area contributed by atoms with E-state index in [9.17, 15) is 0 Å². The number of nitrogens with zero attached hydrogens (tertiary/aromatic N) is 2. The first-order chi connectivity index (χ1) is 9.70. The van der Waals surface area contributed by atoms with Gasteiger partial charge in [0.05, 0.1) is 0 Å². The molecule has 1 aromatic heterocycles. The van der Waals surface area contributed by atoms with E-state index in [1.165, 1.54) is 11.3 Å². The third-order valence-corrected chi connectivity index (χ3v) is 3.25. The van der Waals surface area contributed by atoms with Crippen LogP contribution in [0.3, 0.4) is 0 Å². The third-order valence-electron chi connectivity index (χ3n) is 3.25. The molecule has 0 bridgehead atoms. The molecule has 2 aromatic rings. The van der Waals surface area contributed by atoms with Gasteiger partial charge in [0.1, 0.15) is 5.82 Å². The second-order valence-corrected chi connectivity index (χ2v) is 5.14. The average molecular weight is 269 g/mol. The molecule has 20 heavy (non-hydrogen) atoms. The van der Waals surface area contributed by atoms with E-state index in [0.717, 1.165) is 18.9 Å². The van der Waals surface area contributed by atoms with Crippen LogP contribution in [-0.2, 0) is 6.54 Å². The lowest BCUT2D eigenvalue weighted by Crippen LogP contribution is -2.30. The molecule has 0 saturated carbocycles. The van der Waals surface area contributed by atoms with Gasteiger partial charge >= 0.3 is 0 Å². The maximum absolute atomic E-state index is 4.34. The molecule has 0 amide bonds. The van der Waals surface area contributed by atoms with E-state index in [0.29, 0.717) is 6.04 Å². The van der Waals surface area contributed by atoms with Crippen molar-refractivity contribution < 1.29 is 0 Å². The Hall–Kier alpha value is -2.03. The number of hydrogen-bond acceptors (Lipinski definition) is 3. The lowest BCUT2D eigenvalue weighted by atomic mass is 10.1. The average Bonchev–Trinajstić information content (AvgIpc) is 2.46. The molecule has 0 aliphatic rings. The van der Waals surface area contributed by atoms with E-state index < -0.39 is 0 Å². The van der Waals surface area contributed by atoms with Crippen molar-refractivity contribution in [2.24, 2.45) is 0 Å². The monoisotopic (exact) mass is 269 g/mol. The zero-order chi connectivity index (χ0) is 14.4. The minimum Gasteiger partial charge on any atom is -0.370 e. The first kappa shape index (κ1) is 14.4. The molecular formula is C17H23N3. The molecule has 0 radical (unpaired) electrons. The van der Waals surface area contributed by atoms with Gasteiger partial charge < -0.3 is 10.2 Å². The molecule has 1 N–H and O–H groups in total. The highest BCUT2D eigenvalue weighted by atomic mass is 15.2. The molecule has 0 fully saturated rings. The molecule has 3 nitrogen and oxygen atoms in total. The summed E-state index contributed by atoms with van der Waals surface area (Å²) in [6, 6.07) is 15.2. The number of benzene rings is 1. The van der Waals surface area contributed by atoms with Crippen LogP contribution in [0.25, 0.3) is 0 Å². The van der Waals surface area contributed by atoms with E-state index in [1.807, 2.05) is 6.20 Å². The summed E-state index contributed by atoms with van der Waals surface area (Å²) in [5.74, 6) is 0.934. The van der Waals surface area contributed by atoms with Crippen LogP contribution in [0.5, 0.6) is 0 Å². The zero-order valence-electron chi connectivity index (χ0n) is 12.5. The van der Waals surface area contributed by atoms with Crippen molar-refractivity contribution in [1.29, 1.82) is 0 Å². The van der Waals surface area contributed by atoms with E-state index >= 15 is 0 Å². The molecule has 2 rings (SSSR count). The predicted molar refractivity (Wildman–Crippen MR) is 86.2 cm³/mol. The fourth-order valence-corrected chi connectivity index (χ4v) is 2.23. The van der Waals surface area contributed by atoms with Crippen molar-refractivity contribution >= 4 is 11.5 Å². The largest absolute Gasteiger partial charge is 0.370 e. The van der Waals surface area contributed by atoms with Gasteiger partial charge in [0.2, 0.25) is 0 Å². The summed E-state index contributed by atoms with van der Waals surface area (Å²) in [5.41, 5.74) is 2.53. The summed E-state index contributed by atoms with van der Waals surface area (Å²) in [6.45, 7) is 8.32. The Labute approximate surface area is 121 Å². The number of rotatable bonds is 6. The molecule has 0 saturated heterocycles. The molecule has 1 aromatic carbocycles. The van der Waals surface area contributed by atoms with Gasteiger partial charge in [-0.1, -0.05) is 30.3 Å². The van der Waals surface area contributed by atoms with Crippen LogP contribution in [0.1, 0.15) is 26.3 Å². The Bertz CT molecular complexity index is 523. The molecule has 0 unspecified atom stereocenters. The van der Waals surface area contributed by atoms with Crippen LogP contribution in [-0.4, -0.2) is 17.6 Å². The van der Waals surface area contributed by atoms with Gasteiger partial charge in [-0.3, -0.25) is 0 Å². The molecule has 0 aliphatic heterocycles. The summed E-state index contributed by atoms with van der Waals surface area (Å²) < 4.78 is 0. The highest BCUT2D eigenvalue weighted by Gasteiger charge is 2.11. The number of nitrogens with one attached hydrogen (secondary N) is 1. The van der Waals surface area contributed by atoms with Crippen molar-refractivity contribution in [1.82, 2.24) is 4.98 Å². The molecule has 106 valence electrons. The second-order valence-electron chi connectivity index (χ2n) is 5.14. The highest BCUT2D eigenvalue weighted by molar-refractivity contribution is 5.54. The minimum atomic E-state index is 0.437. The van der Waals surface area contributed by atoms with Gasteiger partial charge in [-0.2, -0.15) is 0 Å². The van der Waals surface area contributed by atoms with Crippen LogP contribution in [0.4, 0.5) is 11.5 Å². The lowest BCUT2D eigenvalue weighted by molar-refractivity contribution is 0.682. The molecular weight excluding hydrogens is 246 g/mol.